The van der Waals surface area contributed by atoms with Crippen LogP contribution in [0, 0.1) is 16.7 Å². The zero-order valence-electron chi connectivity index (χ0n) is 46.1. The second-order valence-electron chi connectivity index (χ2n) is 21.0. The molecule has 0 aliphatic carbocycles. The Labute approximate surface area is 457 Å². The molecular formula is C64H77N4O8P. The highest BCUT2D eigenvalue weighted by atomic mass is 31.2. The lowest BCUT2D eigenvalue weighted by Crippen LogP contribution is -2.48. The summed E-state index contributed by atoms with van der Waals surface area (Å²) in [5, 5.41) is 20.2. The van der Waals surface area contributed by atoms with Crippen LogP contribution in [-0.2, 0) is 35.4 Å². The average Bonchev–Trinajstić information content (AvgIpc) is 3.47. The fourth-order valence-corrected chi connectivity index (χ4v) is 12.8. The van der Waals surface area contributed by atoms with Crippen LogP contribution in [0.4, 0.5) is 0 Å². The normalized spacial score (nSPS) is 14.2. The van der Waals surface area contributed by atoms with Crippen molar-refractivity contribution in [2.75, 3.05) is 60.8 Å². The van der Waals surface area contributed by atoms with E-state index in [4.69, 9.17) is 28.0 Å². The van der Waals surface area contributed by atoms with Crippen LogP contribution in [0.3, 0.4) is 0 Å². The number of carbonyl (C=O) groups is 2. The molecule has 1 N–H and O–H groups in total. The largest absolute Gasteiger partial charge is 0.497 e. The first-order valence-electron chi connectivity index (χ1n) is 27.4. The van der Waals surface area contributed by atoms with Gasteiger partial charge in [-0.1, -0.05) is 97.4 Å². The number of hydrogen-bond donors (Lipinski definition) is 1. The molecule has 7 aromatic rings. The van der Waals surface area contributed by atoms with Gasteiger partial charge in [0.15, 0.2) is 0 Å². The van der Waals surface area contributed by atoms with E-state index in [0.717, 1.165) is 66.0 Å². The summed E-state index contributed by atoms with van der Waals surface area (Å²) < 4.78 is 40.1. The molecule has 77 heavy (non-hydrogen) atoms. The number of amides is 2. The van der Waals surface area contributed by atoms with Crippen molar-refractivity contribution in [2.45, 2.75) is 110 Å². The predicted molar refractivity (Wildman–Crippen MR) is 309 cm³/mol. The molecule has 1 aliphatic heterocycles. The van der Waals surface area contributed by atoms with Crippen LogP contribution in [-0.4, -0.2) is 94.3 Å². The van der Waals surface area contributed by atoms with Crippen molar-refractivity contribution in [3.8, 4) is 23.3 Å². The Hall–Kier alpha value is -6.32. The minimum Gasteiger partial charge on any atom is -0.497 e. The maximum absolute atomic E-state index is 14.0. The lowest BCUT2D eigenvalue weighted by molar-refractivity contribution is -0.136. The highest BCUT2D eigenvalue weighted by molar-refractivity contribution is 7.44. The summed E-state index contributed by atoms with van der Waals surface area (Å²) in [6.07, 6.45) is 6.46. The Kier molecular flexibility index (Phi) is 19.8. The third-order valence-electron chi connectivity index (χ3n) is 15.3. The number of carbonyl (C=O) groups excluding carboxylic acids is 2. The van der Waals surface area contributed by atoms with Gasteiger partial charge in [-0.3, -0.25) is 9.59 Å². The van der Waals surface area contributed by atoms with Gasteiger partial charge in [-0.25, -0.2) is 4.67 Å². The molecule has 1 aliphatic rings. The predicted octanol–water partition coefficient (Wildman–Crippen LogP) is 13.5. The first kappa shape index (κ1) is 56.9. The Morgan fingerprint density at radius 2 is 1.21 bits per heavy atom. The van der Waals surface area contributed by atoms with E-state index in [-0.39, 0.29) is 43.5 Å². The summed E-state index contributed by atoms with van der Waals surface area (Å²) in [7, 11) is 3.43. The highest BCUT2D eigenvalue weighted by Crippen LogP contribution is 2.50. The molecule has 0 aromatic heterocycles. The van der Waals surface area contributed by atoms with Crippen LogP contribution in [0.2, 0.25) is 0 Å². The Bertz CT molecular complexity index is 2900. The van der Waals surface area contributed by atoms with E-state index in [1.807, 2.05) is 77.7 Å². The van der Waals surface area contributed by atoms with E-state index in [1.54, 1.807) is 21.3 Å². The molecule has 1 fully saturated rings. The number of benzene rings is 7. The lowest BCUT2D eigenvalue weighted by atomic mass is 9.77. The van der Waals surface area contributed by atoms with Crippen LogP contribution in [0.5, 0.6) is 17.2 Å². The van der Waals surface area contributed by atoms with E-state index in [0.29, 0.717) is 51.9 Å². The Balaban J connectivity index is 0.919. The van der Waals surface area contributed by atoms with Gasteiger partial charge in [-0.05, 0) is 157 Å². The number of nitriles is 1. The number of rotatable bonds is 28. The molecule has 2 amide bonds. The van der Waals surface area contributed by atoms with Gasteiger partial charge in [0.05, 0.1) is 53.6 Å². The molecule has 1 atom stereocenters. The molecule has 0 saturated carbocycles. The van der Waals surface area contributed by atoms with Crippen molar-refractivity contribution in [3.05, 3.63) is 150 Å². The minimum absolute atomic E-state index is 0.0696. The fraction of sp³-hybridized carbons (Fsp3) is 0.422. The lowest BCUT2D eigenvalue weighted by Gasteiger charge is -2.46. The minimum atomic E-state index is -1.55. The smallest absolute Gasteiger partial charge is 0.259 e. The molecule has 0 bridgehead atoms. The maximum atomic E-state index is 14.0. The first-order chi connectivity index (χ1) is 37.4. The molecule has 7 aromatic carbocycles. The standard InChI is InChI=1S/C64H77N4O8P/c1-46(2)68(47(3)4)77(75-43-13-39-65)76-45-63(44-74-64(52-24-30-55(71-5)31-25-52,53-26-32-56(72-6)33-27-53)54-28-34-57(73-7)35-29-54)37-41-67(42-38-63)60(70)18-9-8-10-40-66-59(69)17-12-14-48-19-20-51-22-21-49-15-11-16-50-23-36-58(48)62(51)61(49)50/h11,15-16,19-36,46-47H,8-10,12-14,17-18,37-38,40-45H2,1-7H3,(H,66,69). The van der Waals surface area contributed by atoms with E-state index in [9.17, 15) is 14.9 Å². The number of methoxy groups -OCH3 is 3. The molecule has 12 nitrogen and oxygen atoms in total. The van der Waals surface area contributed by atoms with Crippen molar-refractivity contribution in [2.24, 2.45) is 5.41 Å². The van der Waals surface area contributed by atoms with Gasteiger partial charge in [0.2, 0.25) is 11.8 Å². The number of likely N-dealkylation sites (tertiary alicyclic amines) is 1. The molecule has 1 unspecified atom stereocenters. The SMILES string of the molecule is COc1ccc(C(OCC2(COP(OCCC#N)N(C(C)C)C(C)C)CCN(C(=O)CCCCCNC(=O)CCCc3ccc4ccc5cccc6ccc3c4c56)CC2)(c2ccc(OC)cc2)c2ccc(OC)cc2)cc1. The molecule has 13 heteroatoms. The number of nitrogens with one attached hydrogen (secondary N) is 1. The molecule has 0 radical (unpaired) electrons. The van der Waals surface area contributed by atoms with Crippen LogP contribution in [0.15, 0.2) is 127 Å². The van der Waals surface area contributed by atoms with E-state index < -0.39 is 19.5 Å². The number of piperidine rings is 1. The van der Waals surface area contributed by atoms with Crippen LogP contribution in [0.25, 0.3) is 32.3 Å². The number of nitrogens with zero attached hydrogens (tertiary/aromatic N) is 3. The van der Waals surface area contributed by atoms with Crippen molar-refractivity contribution in [3.63, 3.8) is 0 Å². The van der Waals surface area contributed by atoms with Gasteiger partial charge in [-0.2, -0.15) is 5.26 Å². The van der Waals surface area contributed by atoms with Crippen molar-refractivity contribution in [1.82, 2.24) is 14.9 Å². The van der Waals surface area contributed by atoms with Gasteiger partial charge in [0.1, 0.15) is 22.8 Å². The topological polar surface area (TPSA) is 132 Å². The van der Waals surface area contributed by atoms with Crippen molar-refractivity contribution in [1.29, 1.82) is 5.26 Å². The van der Waals surface area contributed by atoms with Crippen LogP contribution < -0.4 is 19.5 Å². The van der Waals surface area contributed by atoms with E-state index in [2.05, 4.69) is 98.3 Å². The molecule has 0 spiro atoms. The third kappa shape index (κ3) is 13.5. The first-order valence-corrected chi connectivity index (χ1v) is 28.5. The molecule has 8 rings (SSSR count). The zero-order valence-corrected chi connectivity index (χ0v) is 47.0. The third-order valence-corrected chi connectivity index (χ3v) is 17.3. The van der Waals surface area contributed by atoms with Gasteiger partial charge < -0.3 is 38.2 Å². The van der Waals surface area contributed by atoms with Gasteiger partial charge in [-0.15, -0.1) is 0 Å². The molecule has 1 saturated heterocycles. The zero-order chi connectivity index (χ0) is 54.4. The van der Waals surface area contributed by atoms with E-state index >= 15 is 0 Å². The maximum Gasteiger partial charge on any atom is 0.259 e. The quantitative estimate of drug-likeness (QED) is 0.0219. The summed E-state index contributed by atoms with van der Waals surface area (Å²) in [4.78, 5) is 28.9. The number of ether oxygens (including phenoxy) is 4. The van der Waals surface area contributed by atoms with Gasteiger partial charge in [0.25, 0.3) is 8.53 Å². The molecular weight excluding hydrogens is 984 g/mol. The van der Waals surface area contributed by atoms with Crippen molar-refractivity contribution >= 4 is 52.7 Å². The summed E-state index contributed by atoms with van der Waals surface area (Å²) in [6, 6.07) is 46.3. The molecule has 1 heterocycles. The fourth-order valence-electron chi connectivity index (χ4n) is 11.1. The van der Waals surface area contributed by atoms with E-state index in [1.165, 1.54) is 37.9 Å². The number of aryl methyl sites for hydroxylation is 1. The summed E-state index contributed by atoms with van der Waals surface area (Å²) >= 11 is 0. The second-order valence-corrected chi connectivity index (χ2v) is 22.4. The summed E-state index contributed by atoms with van der Waals surface area (Å²) in [6.45, 7) is 11.1. The second kappa shape index (κ2) is 26.8. The Morgan fingerprint density at radius 1 is 0.662 bits per heavy atom. The summed E-state index contributed by atoms with van der Waals surface area (Å²) in [5.74, 6) is 2.38. The van der Waals surface area contributed by atoms with Crippen molar-refractivity contribution < 1.29 is 37.6 Å². The average molecular weight is 1060 g/mol. The molecule has 406 valence electrons. The number of hydrogen-bond acceptors (Lipinski definition) is 10. The van der Waals surface area contributed by atoms with Crippen LogP contribution >= 0.6 is 8.53 Å². The Morgan fingerprint density at radius 3 is 1.75 bits per heavy atom. The van der Waals surface area contributed by atoms with Gasteiger partial charge in [0, 0.05) is 50.0 Å². The number of unbranched alkanes of at least 4 members (excludes halogenated alkanes) is 2. The monoisotopic (exact) mass is 1060 g/mol. The summed E-state index contributed by atoms with van der Waals surface area (Å²) in [5.41, 5.74) is 2.35. The van der Waals surface area contributed by atoms with Gasteiger partial charge >= 0.3 is 0 Å². The highest BCUT2D eigenvalue weighted by Gasteiger charge is 2.44. The van der Waals surface area contributed by atoms with Crippen LogP contribution in [0.1, 0.15) is 108 Å².